The molecule has 0 aromatic rings. The van der Waals surface area contributed by atoms with Crippen LogP contribution in [0.5, 0.6) is 0 Å². The molecule has 0 rings (SSSR count). The van der Waals surface area contributed by atoms with Gasteiger partial charge in [0.1, 0.15) is 5.78 Å². The monoisotopic (exact) mass is 715 g/mol. The van der Waals surface area contributed by atoms with Gasteiger partial charge in [-0.2, -0.15) is 0 Å². The smallest absolute Gasteiger partial charge is 0.132 e. The minimum Gasteiger partial charge on any atom is -0.300 e. The molecule has 2 atom stereocenters. The summed E-state index contributed by atoms with van der Waals surface area (Å²) in [7, 11) is 0. The van der Waals surface area contributed by atoms with Gasteiger partial charge in [-0.05, 0) is 37.5 Å². The van der Waals surface area contributed by atoms with E-state index >= 15 is 0 Å². The average molecular weight is 716 g/mol. The van der Waals surface area contributed by atoms with Crippen LogP contribution in [-0.2, 0) is 4.79 Å². The van der Waals surface area contributed by atoms with Gasteiger partial charge in [-0.1, -0.05) is 219 Å². The lowest BCUT2D eigenvalue weighted by atomic mass is 9.91. The molecule has 0 aromatic carbocycles. The van der Waals surface area contributed by atoms with Gasteiger partial charge in [0.15, 0.2) is 0 Å². The first kappa shape index (κ1) is 48.2. The first-order chi connectivity index (χ1) is 23.7. The highest BCUT2D eigenvalue weighted by Crippen LogP contribution is 2.24. The van der Waals surface area contributed by atoms with Crippen LogP contribution in [0.1, 0.15) is 258 Å². The second kappa shape index (κ2) is 41.7. The maximum Gasteiger partial charge on any atom is 0.132 e. The second-order valence-electron chi connectivity index (χ2n) is 15.8. The summed E-state index contributed by atoms with van der Waals surface area (Å²) in [4.78, 5) is 12.5. The van der Waals surface area contributed by atoms with E-state index in [0.29, 0.717) is 5.78 Å². The van der Waals surface area contributed by atoms with E-state index in [1.54, 1.807) is 0 Å². The Morgan fingerprint density at radius 3 is 0.812 bits per heavy atom. The molecule has 0 aliphatic heterocycles. The van der Waals surface area contributed by atoms with Gasteiger partial charge in [0.25, 0.3) is 0 Å². The van der Waals surface area contributed by atoms with E-state index in [9.17, 15) is 4.79 Å². The minimum atomic E-state index is 0.498. The van der Waals surface area contributed by atoms with Crippen molar-refractivity contribution in [2.45, 2.75) is 258 Å². The fourth-order valence-electron chi connectivity index (χ4n) is 7.71. The van der Waals surface area contributed by atoms with Gasteiger partial charge in [0, 0.05) is 24.6 Å². The zero-order valence-corrected chi connectivity index (χ0v) is 34.6. The lowest BCUT2D eigenvalue weighted by Gasteiger charge is -2.16. The maximum atomic E-state index is 12.5. The lowest BCUT2D eigenvalue weighted by Crippen LogP contribution is -2.03. The molecule has 3 heteroatoms. The molecule has 0 fully saturated rings. The number of hydrogen-bond donors (Lipinski definition) is 0. The highest BCUT2D eigenvalue weighted by atomic mass is 35.5. The summed E-state index contributed by atoms with van der Waals surface area (Å²) in [6.07, 6.45) is 50.5. The normalized spacial score (nSPS) is 12.9. The third-order valence-electron chi connectivity index (χ3n) is 11.1. The molecule has 0 bridgehead atoms. The van der Waals surface area contributed by atoms with E-state index < -0.39 is 0 Å². The molecule has 0 N–H and O–H groups in total. The molecule has 2 unspecified atom stereocenters. The van der Waals surface area contributed by atoms with Crippen LogP contribution in [0.4, 0.5) is 0 Å². The number of carbonyl (C=O) groups is 1. The van der Waals surface area contributed by atoms with Crippen LogP contribution in [0.3, 0.4) is 0 Å². The number of Topliss-reactive ketones (excluding diaryl/α,β-unsaturated/α-hetero) is 1. The SMILES string of the molecule is CCCCCCCCCCCCCCC(CCCl)CCCCCC(=O)CCCCCC(CCCl)CCCCCCCCCCCCCC. The van der Waals surface area contributed by atoms with Gasteiger partial charge < -0.3 is 0 Å². The Bertz CT molecular complexity index is 558. The van der Waals surface area contributed by atoms with Crippen LogP contribution in [-0.4, -0.2) is 17.5 Å². The Hall–Kier alpha value is 0.250. The van der Waals surface area contributed by atoms with Crippen LogP contribution < -0.4 is 0 Å². The van der Waals surface area contributed by atoms with Crippen LogP contribution >= 0.6 is 23.2 Å². The van der Waals surface area contributed by atoms with Crippen LogP contribution in [0.2, 0.25) is 0 Å². The van der Waals surface area contributed by atoms with Gasteiger partial charge in [0.05, 0.1) is 0 Å². The first-order valence-corrected chi connectivity index (χ1v) is 23.4. The molecule has 0 heterocycles. The number of alkyl halides is 2. The molecule has 0 spiro atoms. The molecule has 1 nitrogen and oxygen atoms in total. The number of ketones is 1. The minimum absolute atomic E-state index is 0.498. The van der Waals surface area contributed by atoms with Gasteiger partial charge in [-0.15, -0.1) is 23.2 Å². The Morgan fingerprint density at radius 2 is 0.562 bits per heavy atom. The van der Waals surface area contributed by atoms with E-state index in [1.165, 1.54) is 218 Å². The van der Waals surface area contributed by atoms with Crippen molar-refractivity contribution < 1.29 is 4.79 Å². The first-order valence-electron chi connectivity index (χ1n) is 22.3. The summed E-state index contributed by atoms with van der Waals surface area (Å²) < 4.78 is 0. The Balaban J connectivity index is 3.68. The molecule has 0 aliphatic carbocycles. The molecule has 288 valence electrons. The fraction of sp³-hybridized carbons (Fsp3) is 0.978. The highest BCUT2D eigenvalue weighted by molar-refractivity contribution is 6.18. The van der Waals surface area contributed by atoms with Crippen molar-refractivity contribution in [1.82, 2.24) is 0 Å². The molecule has 0 radical (unpaired) electrons. The third kappa shape index (κ3) is 37.5. The van der Waals surface area contributed by atoms with Crippen LogP contribution in [0.25, 0.3) is 0 Å². The van der Waals surface area contributed by atoms with Crippen molar-refractivity contribution >= 4 is 29.0 Å². The number of hydrogen-bond acceptors (Lipinski definition) is 1. The third-order valence-corrected chi connectivity index (χ3v) is 11.5. The van der Waals surface area contributed by atoms with Crippen molar-refractivity contribution in [1.29, 1.82) is 0 Å². The molecule has 48 heavy (non-hydrogen) atoms. The van der Waals surface area contributed by atoms with E-state index in [4.69, 9.17) is 23.2 Å². The summed E-state index contributed by atoms with van der Waals surface area (Å²) >= 11 is 12.3. The van der Waals surface area contributed by atoms with E-state index in [0.717, 1.165) is 49.3 Å². The predicted molar refractivity (Wildman–Crippen MR) is 220 cm³/mol. The molecule has 0 aliphatic rings. The number of unbranched alkanes of at least 4 members (excludes halogenated alkanes) is 26. The zero-order valence-electron chi connectivity index (χ0n) is 33.1. The van der Waals surface area contributed by atoms with Gasteiger partial charge in [-0.3, -0.25) is 4.79 Å². The predicted octanol–water partition coefficient (Wildman–Crippen LogP) is 17.1. The topological polar surface area (TPSA) is 17.1 Å². The quantitative estimate of drug-likeness (QED) is 0.0454. The molecule has 0 amide bonds. The van der Waals surface area contributed by atoms with E-state index in [-0.39, 0.29) is 0 Å². The largest absolute Gasteiger partial charge is 0.300 e. The Morgan fingerprint density at radius 1 is 0.333 bits per heavy atom. The lowest BCUT2D eigenvalue weighted by molar-refractivity contribution is -0.119. The van der Waals surface area contributed by atoms with Gasteiger partial charge in [-0.25, -0.2) is 0 Å². The summed E-state index contributed by atoms with van der Waals surface area (Å²) in [6, 6.07) is 0. The van der Waals surface area contributed by atoms with Crippen molar-refractivity contribution in [3.63, 3.8) is 0 Å². The van der Waals surface area contributed by atoms with Crippen molar-refractivity contribution in [2.75, 3.05) is 11.8 Å². The van der Waals surface area contributed by atoms with Crippen molar-refractivity contribution in [2.24, 2.45) is 11.8 Å². The maximum absolute atomic E-state index is 12.5. The van der Waals surface area contributed by atoms with Crippen molar-refractivity contribution in [3.8, 4) is 0 Å². The standard InChI is InChI=1S/C45H88Cl2O/c1-3-5-7-9-11-13-15-17-19-21-23-27-33-43(39-41-46)35-29-25-31-37-45(48)38-32-26-30-36-44(40-42-47)34-28-24-22-20-18-16-14-12-10-8-6-4-2/h43-44H,3-42H2,1-2H3. The Kier molecular flexibility index (Phi) is 41.9. The molecule has 0 saturated carbocycles. The molecular weight excluding hydrogens is 627 g/mol. The summed E-state index contributed by atoms with van der Waals surface area (Å²) in [6.45, 7) is 4.59. The second-order valence-corrected chi connectivity index (χ2v) is 16.5. The fourth-order valence-corrected chi connectivity index (χ4v) is 8.33. The Labute approximate surface area is 314 Å². The van der Waals surface area contributed by atoms with Crippen LogP contribution in [0.15, 0.2) is 0 Å². The zero-order chi connectivity index (χ0) is 35.0. The molecule has 0 aromatic heterocycles. The van der Waals surface area contributed by atoms with E-state index in [2.05, 4.69) is 13.8 Å². The number of halogens is 2. The summed E-state index contributed by atoms with van der Waals surface area (Å²) in [5.74, 6) is 3.69. The number of carbonyl (C=O) groups excluding carboxylic acids is 1. The average Bonchev–Trinajstić information content (AvgIpc) is 3.08. The van der Waals surface area contributed by atoms with E-state index in [1.807, 2.05) is 0 Å². The summed E-state index contributed by atoms with van der Waals surface area (Å²) in [5.41, 5.74) is 0. The molecule has 0 saturated heterocycles. The van der Waals surface area contributed by atoms with Crippen molar-refractivity contribution in [3.05, 3.63) is 0 Å². The highest BCUT2D eigenvalue weighted by Gasteiger charge is 2.10. The number of rotatable bonds is 42. The summed E-state index contributed by atoms with van der Waals surface area (Å²) in [5, 5.41) is 0. The molecular formula is C45H88Cl2O. The van der Waals surface area contributed by atoms with Gasteiger partial charge in [0.2, 0.25) is 0 Å². The van der Waals surface area contributed by atoms with Crippen LogP contribution in [0, 0.1) is 11.8 Å². The van der Waals surface area contributed by atoms with Gasteiger partial charge >= 0.3 is 0 Å².